The lowest BCUT2D eigenvalue weighted by atomic mass is 10.0. The summed E-state index contributed by atoms with van der Waals surface area (Å²) in [6.45, 7) is 3.85. The quantitative estimate of drug-likeness (QED) is 0.679. The molecule has 2 rings (SSSR count). The number of fused-ring (bicyclic) bond motifs is 1. The Kier molecular flexibility index (Phi) is 3.18. The second-order valence-corrected chi connectivity index (χ2v) is 5.55. The topological polar surface area (TPSA) is 77.8 Å². The Morgan fingerprint density at radius 3 is 1.50 bits per heavy atom. The molecule has 16 heavy (non-hydrogen) atoms. The SMILES string of the molecule is Cc1nc2c(nc1C)=C(Br)C(N)C(N)C=2Br. The monoisotopic (exact) mass is 346 g/mol. The summed E-state index contributed by atoms with van der Waals surface area (Å²) in [7, 11) is 0. The zero-order valence-corrected chi connectivity index (χ0v) is 12.1. The van der Waals surface area contributed by atoms with E-state index in [4.69, 9.17) is 11.5 Å². The molecule has 0 spiro atoms. The van der Waals surface area contributed by atoms with Gasteiger partial charge >= 0.3 is 0 Å². The first-order valence-corrected chi connectivity index (χ1v) is 6.44. The number of halogens is 2. The summed E-state index contributed by atoms with van der Waals surface area (Å²) in [5.41, 5.74) is 13.8. The second kappa shape index (κ2) is 4.18. The average Bonchev–Trinajstić information content (AvgIpc) is 2.26. The highest BCUT2D eigenvalue weighted by molar-refractivity contribution is 9.15. The van der Waals surface area contributed by atoms with Crippen molar-refractivity contribution in [1.29, 1.82) is 0 Å². The summed E-state index contributed by atoms with van der Waals surface area (Å²) in [4.78, 5) is 8.99. The van der Waals surface area contributed by atoms with E-state index in [0.717, 1.165) is 31.1 Å². The summed E-state index contributed by atoms with van der Waals surface area (Å²) < 4.78 is 1.63. The van der Waals surface area contributed by atoms with Crippen LogP contribution in [0, 0.1) is 13.8 Å². The molecule has 0 saturated heterocycles. The summed E-state index contributed by atoms with van der Waals surface area (Å²) in [6.07, 6.45) is 0. The van der Waals surface area contributed by atoms with E-state index in [2.05, 4.69) is 41.8 Å². The van der Waals surface area contributed by atoms with E-state index in [1.165, 1.54) is 0 Å². The molecule has 0 aliphatic heterocycles. The lowest BCUT2D eigenvalue weighted by Gasteiger charge is -2.23. The van der Waals surface area contributed by atoms with Gasteiger partial charge in [-0.25, -0.2) is 9.97 Å². The zero-order chi connectivity index (χ0) is 12.0. The third kappa shape index (κ3) is 1.73. The number of hydrogen-bond acceptors (Lipinski definition) is 4. The highest BCUT2D eigenvalue weighted by Gasteiger charge is 2.26. The van der Waals surface area contributed by atoms with Gasteiger partial charge in [-0.3, -0.25) is 0 Å². The lowest BCUT2D eigenvalue weighted by molar-refractivity contribution is 0.734. The summed E-state index contributed by atoms with van der Waals surface area (Å²) in [6, 6.07) is -0.559. The van der Waals surface area contributed by atoms with Crippen molar-refractivity contribution in [2.45, 2.75) is 25.9 Å². The van der Waals surface area contributed by atoms with Crippen molar-refractivity contribution in [2.24, 2.45) is 11.5 Å². The molecule has 1 aliphatic carbocycles. The molecule has 4 nitrogen and oxygen atoms in total. The van der Waals surface area contributed by atoms with Crippen LogP contribution in [0.4, 0.5) is 0 Å². The van der Waals surface area contributed by atoms with Crippen LogP contribution in [-0.4, -0.2) is 22.1 Å². The number of nitrogens with zero attached hydrogens (tertiary/aromatic N) is 2. The van der Waals surface area contributed by atoms with Crippen molar-refractivity contribution in [3.8, 4) is 0 Å². The van der Waals surface area contributed by atoms with E-state index in [9.17, 15) is 0 Å². The third-order valence-corrected chi connectivity index (χ3v) is 4.54. The predicted octanol–water partition coefficient (Wildman–Crippen LogP) is -0.232. The van der Waals surface area contributed by atoms with E-state index in [1.807, 2.05) is 13.8 Å². The highest BCUT2D eigenvalue weighted by atomic mass is 79.9. The fraction of sp³-hybridized carbons (Fsp3) is 0.400. The van der Waals surface area contributed by atoms with Gasteiger partial charge < -0.3 is 11.5 Å². The van der Waals surface area contributed by atoms with Crippen LogP contribution >= 0.6 is 31.9 Å². The maximum atomic E-state index is 5.99. The van der Waals surface area contributed by atoms with Gasteiger partial charge in [-0.2, -0.15) is 0 Å². The maximum absolute atomic E-state index is 5.99. The molecular formula is C10H12Br2N4. The van der Waals surface area contributed by atoms with Crippen LogP contribution in [-0.2, 0) is 0 Å². The Balaban J connectivity index is 2.95. The Bertz CT molecular complexity index is 516. The normalized spacial score (nSPS) is 24.6. The van der Waals surface area contributed by atoms with Crippen LogP contribution in [0.15, 0.2) is 0 Å². The van der Waals surface area contributed by atoms with E-state index < -0.39 is 0 Å². The van der Waals surface area contributed by atoms with Crippen LogP contribution < -0.4 is 22.2 Å². The molecular weight excluding hydrogens is 336 g/mol. The van der Waals surface area contributed by atoms with Crippen molar-refractivity contribution >= 4 is 40.8 Å². The average molecular weight is 348 g/mol. The molecule has 1 aliphatic rings. The minimum atomic E-state index is -0.279. The van der Waals surface area contributed by atoms with Gasteiger partial charge in [-0.1, -0.05) is 31.9 Å². The number of hydrogen-bond donors (Lipinski definition) is 2. The minimum Gasteiger partial charge on any atom is -0.322 e. The number of aromatic nitrogens is 2. The van der Waals surface area contributed by atoms with Crippen LogP contribution in [0.2, 0.25) is 0 Å². The molecule has 2 unspecified atom stereocenters. The smallest absolute Gasteiger partial charge is 0.102 e. The van der Waals surface area contributed by atoms with Gasteiger partial charge in [-0.05, 0) is 13.8 Å². The highest BCUT2D eigenvalue weighted by Crippen LogP contribution is 2.21. The van der Waals surface area contributed by atoms with Gasteiger partial charge in [0.25, 0.3) is 0 Å². The van der Waals surface area contributed by atoms with Crippen molar-refractivity contribution in [3.63, 3.8) is 0 Å². The molecule has 4 N–H and O–H groups in total. The van der Waals surface area contributed by atoms with Crippen LogP contribution in [0.25, 0.3) is 8.96 Å². The molecule has 86 valence electrons. The van der Waals surface area contributed by atoms with Crippen molar-refractivity contribution < 1.29 is 0 Å². The summed E-state index contributed by atoms with van der Waals surface area (Å²) in [5.74, 6) is 0. The Hall–Kier alpha value is -0.300. The first-order chi connectivity index (χ1) is 7.43. The van der Waals surface area contributed by atoms with Crippen LogP contribution in [0.1, 0.15) is 11.4 Å². The molecule has 1 aromatic rings. The minimum absolute atomic E-state index is 0.279. The predicted molar refractivity (Wildman–Crippen MR) is 71.4 cm³/mol. The van der Waals surface area contributed by atoms with Crippen LogP contribution in [0.5, 0.6) is 0 Å². The van der Waals surface area contributed by atoms with Gasteiger partial charge in [0.05, 0.1) is 23.5 Å². The second-order valence-electron chi connectivity index (χ2n) is 3.84. The van der Waals surface area contributed by atoms with E-state index >= 15 is 0 Å². The van der Waals surface area contributed by atoms with E-state index in [1.54, 1.807) is 0 Å². The van der Waals surface area contributed by atoms with Gasteiger partial charge in [0.15, 0.2) is 0 Å². The molecule has 0 radical (unpaired) electrons. The van der Waals surface area contributed by atoms with E-state index in [0.29, 0.717) is 0 Å². The van der Waals surface area contributed by atoms with Gasteiger partial charge in [0, 0.05) is 8.96 Å². The zero-order valence-electron chi connectivity index (χ0n) is 8.96. The standard InChI is InChI=1S/C10H12Br2N4/c1-3-4(2)16-10-6(12)8(14)7(13)5(11)9(10)15-3/h7-8H,13-14H2,1-2H3. The molecule has 0 fully saturated rings. The number of rotatable bonds is 0. The third-order valence-electron chi connectivity index (χ3n) is 2.73. The summed E-state index contributed by atoms with van der Waals surface area (Å²) >= 11 is 6.91. The maximum Gasteiger partial charge on any atom is 0.102 e. The van der Waals surface area contributed by atoms with E-state index in [-0.39, 0.29) is 12.1 Å². The molecule has 0 saturated carbocycles. The number of aryl methyl sites for hydroxylation is 2. The lowest BCUT2D eigenvalue weighted by Crippen LogP contribution is -2.53. The van der Waals surface area contributed by atoms with Gasteiger partial charge in [-0.15, -0.1) is 0 Å². The molecule has 0 bridgehead atoms. The first kappa shape index (κ1) is 12.2. The fourth-order valence-corrected chi connectivity index (χ4v) is 2.69. The molecule has 0 aromatic carbocycles. The van der Waals surface area contributed by atoms with Gasteiger partial charge in [0.1, 0.15) is 10.7 Å². The van der Waals surface area contributed by atoms with Crippen molar-refractivity contribution in [2.75, 3.05) is 0 Å². The van der Waals surface area contributed by atoms with Crippen molar-refractivity contribution in [3.05, 3.63) is 22.1 Å². The Labute approximate surface area is 110 Å². The Morgan fingerprint density at radius 1 is 0.875 bits per heavy atom. The largest absolute Gasteiger partial charge is 0.322 e. The fourth-order valence-electron chi connectivity index (χ4n) is 1.57. The molecule has 0 amide bonds. The van der Waals surface area contributed by atoms with Crippen LogP contribution in [0.3, 0.4) is 0 Å². The molecule has 6 heteroatoms. The summed E-state index contributed by atoms with van der Waals surface area (Å²) in [5, 5.41) is 1.56. The molecule has 1 heterocycles. The van der Waals surface area contributed by atoms with Crippen molar-refractivity contribution in [1.82, 2.24) is 9.97 Å². The first-order valence-electron chi connectivity index (χ1n) is 4.85. The molecule has 1 aromatic heterocycles. The molecule has 2 atom stereocenters. The van der Waals surface area contributed by atoms with Gasteiger partial charge in [0.2, 0.25) is 0 Å². The number of nitrogens with two attached hydrogens (primary N) is 2. The Morgan fingerprint density at radius 2 is 1.19 bits per heavy atom.